The Bertz CT molecular complexity index is 3340. The normalized spacial score (nSPS) is 15.5. The lowest BCUT2D eigenvalue weighted by molar-refractivity contribution is 0.768. The maximum atomic E-state index is 2.54. The third kappa shape index (κ3) is 4.88. The molecule has 13 rings (SSSR count). The SMILES string of the molecule is c1ccc(-c2ccc3c(c2)C2(c4ccccc4-3)c3ccccc3-c3cccc(N(c4ccccc4)c4ccc5c(c4)C(c4ccccc4)(c4ccccc4)c4ccccc4-5)c32)cc1. The Hall–Kier alpha value is -8.00. The van der Waals surface area contributed by atoms with Crippen LogP contribution in [0, 0.1) is 0 Å². The van der Waals surface area contributed by atoms with E-state index in [1.165, 1.54) is 94.7 Å². The Labute approximate surface area is 368 Å². The minimum Gasteiger partial charge on any atom is -0.310 e. The fourth-order valence-electron chi connectivity index (χ4n) is 11.7. The lowest BCUT2D eigenvalue weighted by atomic mass is 9.67. The van der Waals surface area contributed by atoms with Gasteiger partial charge in [0.05, 0.1) is 16.5 Å². The highest BCUT2D eigenvalue weighted by molar-refractivity contribution is 6.00. The number of benzene rings is 10. The zero-order chi connectivity index (χ0) is 41.5. The molecule has 1 spiro atoms. The molecule has 0 amide bonds. The molecule has 0 radical (unpaired) electrons. The number of hydrogen-bond donors (Lipinski definition) is 0. The molecule has 0 aliphatic heterocycles. The number of anilines is 3. The summed E-state index contributed by atoms with van der Waals surface area (Å²) in [5.74, 6) is 0. The minimum absolute atomic E-state index is 0.528. The van der Waals surface area contributed by atoms with E-state index < -0.39 is 10.8 Å². The van der Waals surface area contributed by atoms with E-state index in [9.17, 15) is 0 Å². The minimum atomic E-state index is -0.572. The standard InChI is InChI=1S/C62H41N/c1-5-20-42(21-6-1)43-36-38-51-49-29-14-17-33-55(49)62(57(51)40-43)56-34-18-15-30-50(56)53-31-19-35-59(60(53)62)63(46-26-11-4-12-27-46)47-37-39-52-48-28-13-16-32-54(48)61(58(52)41-47,44-22-7-2-8-23-44)45-24-9-3-10-25-45/h1-41H. The smallest absolute Gasteiger partial charge is 0.0746 e. The van der Waals surface area contributed by atoms with Crippen LogP contribution in [0.3, 0.4) is 0 Å². The summed E-state index contributed by atoms with van der Waals surface area (Å²) in [5.41, 5.74) is 22.8. The van der Waals surface area contributed by atoms with Gasteiger partial charge in [0.1, 0.15) is 0 Å². The summed E-state index contributed by atoms with van der Waals surface area (Å²) in [7, 11) is 0. The third-order valence-corrected chi connectivity index (χ3v) is 14.1. The second-order valence-electron chi connectivity index (χ2n) is 17.1. The van der Waals surface area contributed by atoms with Gasteiger partial charge in [-0.2, -0.15) is 0 Å². The van der Waals surface area contributed by atoms with E-state index in [4.69, 9.17) is 0 Å². The van der Waals surface area contributed by atoms with Crippen LogP contribution in [0.5, 0.6) is 0 Å². The summed E-state index contributed by atoms with van der Waals surface area (Å²) in [6.45, 7) is 0. The van der Waals surface area contributed by atoms with Crippen molar-refractivity contribution in [3.05, 3.63) is 293 Å². The van der Waals surface area contributed by atoms with Gasteiger partial charge >= 0.3 is 0 Å². The molecular formula is C62H41N. The molecular weight excluding hydrogens is 759 g/mol. The van der Waals surface area contributed by atoms with Crippen LogP contribution >= 0.6 is 0 Å². The van der Waals surface area contributed by atoms with E-state index in [2.05, 4.69) is 254 Å². The molecule has 294 valence electrons. The van der Waals surface area contributed by atoms with Gasteiger partial charge in [0.25, 0.3) is 0 Å². The first-order valence-corrected chi connectivity index (χ1v) is 22.0. The number of rotatable bonds is 6. The van der Waals surface area contributed by atoms with Crippen molar-refractivity contribution in [2.75, 3.05) is 4.90 Å². The van der Waals surface area contributed by atoms with Crippen LogP contribution in [0.25, 0.3) is 44.5 Å². The van der Waals surface area contributed by atoms with Gasteiger partial charge in [0, 0.05) is 16.9 Å². The largest absolute Gasteiger partial charge is 0.310 e. The van der Waals surface area contributed by atoms with Crippen LogP contribution in [-0.2, 0) is 10.8 Å². The lowest BCUT2D eigenvalue weighted by Gasteiger charge is -2.37. The first kappa shape index (κ1) is 35.7. The van der Waals surface area contributed by atoms with E-state index >= 15 is 0 Å². The fourth-order valence-corrected chi connectivity index (χ4v) is 11.7. The Morgan fingerprint density at radius 1 is 0.254 bits per heavy atom. The van der Waals surface area contributed by atoms with Crippen LogP contribution in [0.4, 0.5) is 17.1 Å². The third-order valence-electron chi connectivity index (χ3n) is 14.1. The number of nitrogens with zero attached hydrogens (tertiary/aromatic N) is 1. The first-order chi connectivity index (χ1) is 31.3. The van der Waals surface area contributed by atoms with Gasteiger partial charge < -0.3 is 4.90 Å². The molecule has 63 heavy (non-hydrogen) atoms. The van der Waals surface area contributed by atoms with Crippen LogP contribution < -0.4 is 4.90 Å². The number of fused-ring (bicyclic) bond motifs is 13. The molecule has 0 heterocycles. The summed E-state index contributed by atoms with van der Waals surface area (Å²) in [6, 6.07) is 92.8. The maximum absolute atomic E-state index is 2.54. The first-order valence-electron chi connectivity index (χ1n) is 22.0. The lowest BCUT2D eigenvalue weighted by Crippen LogP contribution is -2.29. The average molecular weight is 800 g/mol. The molecule has 1 heteroatoms. The predicted octanol–water partition coefficient (Wildman–Crippen LogP) is 15.5. The van der Waals surface area contributed by atoms with E-state index in [0.29, 0.717) is 0 Å². The molecule has 0 N–H and O–H groups in total. The Kier molecular flexibility index (Phi) is 7.80. The van der Waals surface area contributed by atoms with Crippen LogP contribution in [0.15, 0.2) is 249 Å². The number of hydrogen-bond acceptors (Lipinski definition) is 1. The Balaban J connectivity index is 1.12. The zero-order valence-electron chi connectivity index (χ0n) is 34.6. The van der Waals surface area contributed by atoms with E-state index in [1.807, 2.05) is 0 Å². The van der Waals surface area contributed by atoms with E-state index in [-0.39, 0.29) is 0 Å². The molecule has 3 aliphatic carbocycles. The topological polar surface area (TPSA) is 3.24 Å². The summed E-state index contributed by atoms with van der Waals surface area (Å²) < 4.78 is 0. The molecule has 10 aromatic carbocycles. The van der Waals surface area contributed by atoms with Gasteiger partial charge in [-0.25, -0.2) is 0 Å². The van der Waals surface area contributed by atoms with Crippen molar-refractivity contribution in [2.45, 2.75) is 10.8 Å². The average Bonchev–Trinajstić information content (AvgIpc) is 3.95. The van der Waals surface area contributed by atoms with E-state index in [1.54, 1.807) is 0 Å². The highest BCUT2D eigenvalue weighted by Crippen LogP contribution is 2.66. The van der Waals surface area contributed by atoms with Crippen LogP contribution in [0.1, 0.15) is 44.5 Å². The number of para-hydroxylation sites is 1. The zero-order valence-corrected chi connectivity index (χ0v) is 34.6. The molecule has 1 atom stereocenters. The van der Waals surface area contributed by atoms with Crippen molar-refractivity contribution in [1.82, 2.24) is 0 Å². The van der Waals surface area contributed by atoms with E-state index in [0.717, 1.165) is 11.4 Å². The molecule has 0 aromatic heterocycles. The summed E-state index contributed by atoms with van der Waals surface area (Å²) in [5, 5.41) is 0. The van der Waals surface area contributed by atoms with Gasteiger partial charge in [0.15, 0.2) is 0 Å². The molecule has 1 nitrogen and oxygen atoms in total. The molecule has 0 saturated heterocycles. The van der Waals surface area contributed by atoms with Crippen LogP contribution in [-0.4, -0.2) is 0 Å². The van der Waals surface area contributed by atoms with Gasteiger partial charge in [-0.05, 0) is 120 Å². The molecule has 0 fully saturated rings. The van der Waals surface area contributed by atoms with Crippen molar-refractivity contribution in [3.8, 4) is 44.5 Å². The van der Waals surface area contributed by atoms with Gasteiger partial charge in [0.2, 0.25) is 0 Å². The maximum Gasteiger partial charge on any atom is 0.0746 e. The molecule has 10 aromatic rings. The predicted molar refractivity (Wildman–Crippen MR) is 260 cm³/mol. The van der Waals surface area contributed by atoms with Crippen molar-refractivity contribution in [2.24, 2.45) is 0 Å². The molecule has 1 unspecified atom stereocenters. The molecule has 0 bridgehead atoms. The van der Waals surface area contributed by atoms with Crippen molar-refractivity contribution >= 4 is 17.1 Å². The van der Waals surface area contributed by atoms with Gasteiger partial charge in [-0.15, -0.1) is 0 Å². The molecule has 3 aliphatic rings. The second kappa shape index (κ2) is 13.8. The summed E-state index contributed by atoms with van der Waals surface area (Å²) >= 11 is 0. The quantitative estimate of drug-likeness (QED) is 0.162. The molecule has 0 saturated carbocycles. The van der Waals surface area contributed by atoms with Gasteiger partial charge in [-0.1, -0.05) is 212 Å². The Morgan fingerprint density at radius 3 is 1.30 bits per heavy atom. The highest BCUT2D eigenvalue weighted by Gasteiger charge is 2.54. The van der Waals surface area contributed by atoms with Crippen molar-refractivity contribution < 1.29 is 0 Å². The highest BCUT2D eigenvalue weighted by atomic mass is 15.1. The monoisotopic (exact) mass is 799 g/mol. The van der Waals surface area contributed by atoms with Crippen molar-refractivity contribution in [3.63, 3.8) is 0 Å². The summed E-state index contributed by atoms with van der Waals surface area (Å²) in [6.07, 6.45) is 0. The fraction of sp³-hybridized carbons (Fsp3) is 0.0323. The second-order valence-corrected chi connectivity index (χ2v) is 17.1. The van der Waals surface area contributed by atoms with Crippen molar-refractivity contribution in [1.29, 1.82) is 0 Å². The Morgan fingerprint density at radius 2 is 0.698 bits per heavy atom. The van der Waals surface area contributed by atoms with Crippen LogP contribution in [0.2, 0.25) is 0 Å². The summed E-state index contributed by atoms with van der Waals surface area (Å²) in [4.78, 5) is 2.54. The van der Waals surface area contributed by atoms with Gasteiger partial charge in [-0.3, -0.25) is 0 Å².